The fourth-order valence-electron chi connectivity index (χ4n) is 1.23. The van der Waals surface area contributed by atoms with E-state index in [0.29, 0.717) is 17.1 Å². The third-order valence-electron chi connectivity index (χ3n) is 2.15. The number of esters is 1. The smallest absolute Gasteiger partial charge is 0.343 e. The number of carbonyl (C=O) groups excluding carboxylic acids is 1. The Morgan fingerprint density at radius 2 is 2.06 bits per heavy atom. The molecule has 4 heteroatoms. The van der Waals surface area contributed by atoms with E-state index in [4.69, 9.17) is 20.6 Å². The summed E-state index contributed by atoms with van der Waals surface area (Å²) < 4.78 is 15.1. The van der Waals surface area contributed by atoms with Crippen molar-refractivity contribution in [3.63, 3.8) is 0 Å². The predicted octanol–water partition coefficient (Wildman–Crippen LogP) is 1.88. The van der Waals surface area contributed by atoms with Crippen molar-refractivity contribution in [3.8, 4) is 23.8 Å². The molecule has 0 aliphatic carbocycles. The molecule has 0 N–H and O–H groups in total. The summed E-state index contributed by atoms with van der Waals surface area (Å²) in [7, 11) is 3.00. The fourth-order valence-corrected chi connectivity index (χ4v) is 1.23. The summed E-state index contributed by atoms with van der Waals surface area (Å²) in [6.07, 6.45) is 4.56. The molecule has 0 bridgehead atoms. The van der Waals surface area contributed by atoms with Gasteiger partial charge in [-0.05, 0) is 19.1 Å². The minimum atomic E-state index is -0.575. The average Bonchev–Trinajstić information content (AvgIpc) is 2.37. The van der Waals surface area contributed by atoms with E-state index in [0.717, 1.165) is 0 Å². The molecule has 1 aromatic carbocycles. The topological polar surface area (TPSA) is 44.8 Å². The maximum Gasteiger partial charge on any atom is 0.343 e. The lowest BCUT2D eigenvalue weighted by atomic mass is 10.2. The van der Waals surface area contributed by atoms with E-state index in [1.807, 2.05) is 0 Å². The van der Waals surface area contributed by atoms with Gasteiger partial charge in [0.1, 0.15) is 17.1 Å². The molecule has 0 aliphatic heterocycles. The van der Waals surface area contributed by atoms with Gasteiger partial charge in [-0.1, -0.05) is 5.92 Å². The van der Waals surface area contributed by atoms with E-state index in [9.17, 15) is 4.79 Å². The van der Waals surface area contributed by atoms with Gasteiger partial charge in [0, 0.05) is 6.07 Å². The molecule has 0 radical (unpaired) electrons. The molecule has 0 aliphatic rings. The quantitative estimate of drug-likeness (QED) is 0.589. The van der Waals surface area contributed by atoms with Crippen molar-refractivity contribution < 1.29 is 19.0 Å². The number of hydrogen-bond donors (Lipinski definition) is 0. The second-order valence-electron chi connectivity index (χ2n) is 3.28. The third kappa shape index (κ3) is 3.15. The van der Waals surface area contributed by atoms with Crippen molar-refractivity contribution in [1.29, 1.82) is 0 Å². The summed E-state index contributed by atoms with van der Waals surface area (Å²) in [4.78, 5) is 11.8. The van der Waals surface area contributed by atoms with Crippen molar-refractivity contribution in [2.45, 2.75) is 13.0 Å². The van der Waals surface area contributed by atoms with Crippen LogP contribution < -0.4 is 9.47 Å². The Morgan fingerprint density at radius 3 is 2.59 bits per heavy atom. The van der Waals surface area contributed by atoms with Gasteiger partial charge in [-0.25, -0.2) is 4.79 Å². The highest BCUT2D eigenvalue weighted by Gasteiger charge is 2.16. The van der Waals surface area contributed by atoms with E-state index in [1.165, 1.54) is 14.2 Å². The van der Waals surface area contributed by atoms with Crippen LogP contribution in [0.3, 0.4) is 0 Å². The molecule has 0 saturated carbocycles. The highest BCUT2D eigenvalue weighted by molar-refractivity contribution is 5.93. The Balaban J connectivity index is 2.97. The first-order chi connectivity index (χ1) is 8.12. The summed E-state index contributed by atoms with van der Waals surface area (Å²) in [5, 5.41) is 0. The van der Waals surface area contributed by atoms with Gasteiger partial charge in [-0.2, -0.15) is 0 Å². The van der Waals surface area contributed by atoms with Crippen LogP contribution in [0, 0.1) is 12.3 Å². The molecule has 0 amide bonds. The molecule has 0 fully saturated rings. The number of ether oxygens (including phenoxy) is 3. The third-order valence-corrected chi connectivity index (χ3v) is 2.15. The number of hydrogen-bond acceptors (Lipinski definition) is 4. The summed E-state index contributed by atoms with van der Waals surface area (Å²) in [6, 6.07) is 4.83. The second-order valence-corrected chi connectivity index (χ2v) is 3.28. The molecule has 0 aromatic heterocycles. The molecule has 0 unspecified atom stereocenters. The number of benzene rings is 1. The van der Waals surface area contributed by atoms with E-state index in [2.05, 4.69) is 5.92 Å². The molecule has 0 saturated heterocycles. The van der Waals surface area contributed by atoms with Gasteiger partial charge in [0.15, 0.2) is 6.10 Å². The maximum absolute atomic E-state index is 11.8. The van der Waals surface area contributed by atoms with Crippen LogP contribution in [0.25, 0.3) is 0 Å². The van der Waals surface area contributed by atoms with Crippen molar-refractivity contribution >= 4 is 5.97 Å². The molecular weight excluding hydrogens is 220 g/mol. The monoisotopic (exact) mass is 234 g/mol. The van der Waals surface area contributed by atoms with Crippen molar-refractivity contribution in [3.05, 3.63) is 23.8 Å². The first kappa shape index (κ1) is 12.9. The molecular formula is C13H14O4. The first-order valence-corrected chi connectivity index (χ1v) is 5.01. The van der Waals surface area contributed by atoms with Gasteiger partial charge in [0.2, 0.25) is 0 Å². The zero-order chi connectivity index (χ0) is 12.8. The van der Waals surface area contributed by atoms with E-state index < -0.39 is 12.1 Å². The Hall–Kier alpha value is -2.15. The molecule has 17 heavy (non-hydrogen) atoms. The normalized spacial score (nSPS) is 11.2. The minimum absolute atomic E-state index is 0.315. The van der Waals surface area contributed by atoms with Crippen LogP contribution in [0.2, 0.25) is 0 Å². The zero-order valence-electron chi connectivity index (χ0n) is 10.0. The van der Waals surface area contributed by atoms with Crippen molar-refractivity contribution in [2.24, 2.45) is 0 Å². The largest absolute Gasteiger partial charge is 0.497 e. The van der Waals surface area contributed by atoms with Gasteiger partial charge >= 0.3 is 5.97 Å². The van der Waals surface area contributed by atoms with Crippen LogP contribution >= 0.6 is 0 Å². The SMILES string of the molecule is C#C[C@@H](C)OC(=O)c1ccc(OC)cc1OC. The molecule has 1 atom stereocenters. The van der Waals surface area contributed by atoms with Crippen molar-refractivity contribution in [1.82, 2.24) is 0 Å². The fraction of sp³-hybridized carbons (Fsp3) is 0.308. The minimum Gasteiger partial charge on any atom is -0.497 e. The molecule has 0 spiro atoms. The van der Waals surface area contributed by atoms with Crippen molar-refractivity contribution in [2.75, 3.05) is 14.2 Å². The van der Waals surface area contributed by atoms with Gasteiger partial charge in [-0.15, -0.1) is 6.42 Å². The highest BCUT2D eigenvalue weighted by atomic mass is 16.5. The van der Waals surface area contributed by atoms with Gasteiger partial charge in [0.05, 0.1) is 14.2 Å². The maximum atomic E-state index is 11.8. The van der Waals surface area contributed by atoms with Gasteiger partial charge in [0.25, 0.3) is 0 Å². The first-order valence-electron chi connectivity index (χ1n) is 5.01. The summed E-state index contributed by atoms with van der Waals surface area (Å²) in [6.45, 7) is 1.62. The standard InChI is InChI=1S/C13H14O4/c1-5-9(2)17-13(14)11-7-6-10(15-3)8-12(11)16-4/h1,6-9H,2-4H3/t9-/m1/s1. The lowest BCUT2D eigenvalue weighted by Gasteiger charge is -2.11. The Bertz CT molecular complexity index is 445. The molecule has 4 nitrogen and oxygen atoms in total. The molecule has 90 valence electrons. The predicted molar refractivity (Wildman–Crippen MR) is 63.3 cm³/mol. The van der Waals surface area contributed by atoms with E-state index in [1.54, 1.807) is 25.1 Å². The molecule has 1 rings (SSSR count). The number of rotatable bonds is 4. The summed E-state index contributed by atoms with van der Waals surface area (Å²) in [5.41, 5.74) is 0.315. The van der Waals surface area contributed by atoms with Crippen LogP contribution in [0.5, 0.6) is 11.5 Å². The van der Waals surface area contributed by atoms with Crippen LogP contribution in [0.4, 0.5) is 0 Å². The number of carbonyl (C=O) groups is 1. The molecule has 1 aromatic rings. The van der Waals surface area contributed by atoms with E-state index in [-0.39, 0.29) is 0 Å². The lowest BCUT2D eigenvalue weighted by molar-refractivity contribution is 0.0435. The van der Waals surface area contributed by atoms with Gasteiger partial charge < -0.3 is 14.2 Å². The van der Waals surface area contributed by atoms with Gasteiger partial charge in [-0.3, -0.25) is 0 Å². The lowest BCUT2D eigenvalue weighted by Crippen LogP contribution is -2.14. The molecule has 0 heterocycles. The Labute approximate surface area is 100 Å². The number of methoxy groups -OCH3 is 2. The average molecular weight is 234 g/mol. The van der Waals surface area contributed by atoms with Crippen LogP contribution in [-0.2, 0) is 4.74 Å². The summed E-state index contributed by atoms with van der Waals surface area (Å²) in [5.74, 6) is 2.79. The Morgan fingerprint density at radius 1 is 1.35 bits per heavy atom. The summed E-state index contributed by atoms with van der Waals surface area (Å²) >= 11 is 0. The second kappa shape index (κ2) is 5.80. The van der Waals surface area contributed by atoms with E-state index >= 15 is 0 Å². The van der Waals surface area contributed by atoms with Crippen LogP contribution in [0.15, 0.2) is 18.2 Å². The Kier molecular flexibility index (Phi) is 4.41. The van der Waals surface area contributed by atoms with Crippen LogP contribution in [0.1, 0.15) is 17.3 Å². The highest BCUT2D eigenvalue weighted by Crippen LogP contribution is 2.25. The number of terminal acetylenes is 1. The van der Waals surface area contributed by atoms with Crippen LogP contribution in [-0.4, -0.2) is 26.3 Å². The zero-order valence-corrected chi connectivity index (χ0v) is 10.0.